The highest BCUT2D eigenvalue weighted by atomic mass is 32.2. The zero-order valence-corrected chi connectivity index (χ0v) is 18.8. The lowest BCUT2D eigenvalue weighted by Gasteiger charge is -2.23. The lowest BCUT2D eigenvalue weighted by atomic mass is 10.1. The fourth-order valence-corrected chi connectivity index (χ4v) is 5.85. The topological polar surface area (TPSA) is 96.0 Å². The number of amides is 2. The van der Waals surface area contributed by atoms with E-state index in [4.69, 9.17) is 4.74 Å². The second-order valence-electron chi connectivity index (χ2n) is 7.98. The van der Waals surface area contributed by atoms with Crippen LogP contribution in [-0.2, 0) is 26.2 Å². The van der Waals surface area contributed by atoms with Crippen molar-refractivity contribution in [2.45, 2.75) is 43.2 Å². The van der Waals surface area contributed by atoms with Crippen LogP contribution in [0.5, 0.6) is 5.75 Å². The molecule has 0 bridgehead atoms. The summed E-state index contributed by atoms with van der Waals surface area (Å²) in [5.41, 5.74) is 1.74. The molecule has 2 aromatic rings. The van der Waals surface area contributed by atoms with Crippen LogP contribution in [0.25, 0.3) is 0 Å². The van der Waals surface area contributed by atoms with E-state index in [0.717, 1.165) is 24.2 Å². The normalized spacial score (nSPS) is 19.3. The lowest BCUT2D eigenvalue weighted by molar-refractivity contribution is -0.124. The Morgan fingerprint density at radius 2 is 1.78 bits per heavy atom. The lowest BCUT2D eigenvalue weighted by Crippen LogP contribution is -2.45. The van der Waals surface area contributed by atoms with Gasteiger partial charge in [-0.3, -0.25) is 9.59 Å². The first-order valence-corrected chi connectivity index (χ1v) is 12.2. The molecule has 8 nitrogen and oxygen atoms in total. The molecule has 0 spiro atoms. The Labute approximate surface area is 188 Å². The first-order chi connectivity index (χ1) is 15.4. The summed E-state index contributed by atoms with van der Waals surface area (Å²) in [5, 5.41) is 2.86. The monoisotopic (exact) mass is 457 g/mol. The van der Waals surface area contributed by atoms with Gasteiger partial charge in [0, 0.05) is 31.7 Å². The van der Waals surface area contributed by atoms with E-state index in [1.807, 2.05) is 24.3 Å². The highest BCUT2D eigenvalue weighted by molar-refractivity contribution is 7.89. The third kappa shape index (κ3) is 4.49. The average molecular weight is 458 g/mol. The van der Waals surface area contributed by atoms with Crippen LogP contribution in [0.4, 0.5) is 5.69 Å². The number of ether oxygens (including phenoxy) is 1. The van der Waals surface area contributed by atoms with Crippen LogP contribution < -0.4 is 15.0 Å². The molecule has 2 aliphatic heterocycles. The second-order valence-corrected chi connectivity index (χ2v) is 9.87. The largest absolute Gasteiger partial charge is 0.497 e. The fraction of sp³-hybridized carbons (Fsp3) is 0.391. The molecule has 0 radical (unpaired) electrons. The van der Waals surface area contributed by atoms with Crippen LogP contribution in [0.15, 0.2) is 53.4 Å². The van der Waals surface area contributed by atoms with Gasteiger partial charge in [0.05, 0.1) is 12.0 Å². The van der Waals surface area contributed by atoms with E-state index in [1.165, 1.54) is 23.5 Å². The molecule has 2 heterocycles. The van der Waals surface area contributed by atoms with Crippen LogP contribution in [0.1, 0.15) is 31.2 Å². The summed E-state index contributed by atoms with van der Waals surface area (Å²) < 4.78 is 32.5. The van der Waals surface area contributed by atoms with Crippen LogP contribution in [-0.4, -0.2) is 50.8 Å². The van der Waals surface area contributed by atoms with Gasteiger partial charge in [0.15, 0.2) is 0 Å². The zero-order chi connectivity index (χ0) is 22.7. The molecular weight excluding hydrogens is 430 g/mol. The number of methoxy groups -OCH3 is 1. The number of sulfonamides is 1. The van der Waals surface area contributed by atoms with E-state index in [9.17, 15) is 18.0 Å². The van der Waals surface area contributed by atoms with E-state index >= 15 is 0 Å². The molecule has 1 N–H and O–H groups in total. The van der Waals surface area contributed by atoms with E-state index in [2.05, 4.69) is 5.32 Å². The smallest absolute Gasteiger partial charge is 0.243 e. The molecular formula is C23H27N3O5S. The van der Waals surface area contributed by atoms with Crippen molar-refractivity contribution in [3.63, 3.8) is 0 Å². The molecule has 0 saturated carbocycles. The van der Waals surface area contributed by atoms with Crippen molar-refractivity contribution >= 4 is 27.5 Å². The number of benzene rings is 2. The van der Waals surface area contributed by atoms with E-state index in [1.54, 1.807) is 17.0 Å². The summed E-state index contributed by atoms with van der Waals surface area (Å²) in [7, 11) is -2.26. The van der Waals surface area contributed by atoms with Crippen LogP contribution >= 0.6 is 0 Å². The average Bonchev–Trinajstić information content (AvgIpc) is 3.47. The van der Waals surface area contributed by atoms with Gasteiger partial charge in [-0.1, -0.05) is 12.1 Å². The van der Waals surface area contributed by atoms with Crippen molar-refractivity contribution in [3.8, 4) is 5.75 Å². The van der Waals surface area contributed by atoms with Gasteiger partial charge in [-0.05, 0) is 61.2 Å². The predicted octanol–water partition coefficient (Wildman–Crippen LogP) is 2.29. The van der Waals surface area contributed by atoms with Crippen molar-refractivity contribution in [2.75, 3.05) is 25.1 Å². The summed E-state index contributed by atoms with van der Waals surface area (Å²) >= 11 is 0. The molecule has 0 aromatic heterocycles. The molecule has 0 aliphatic carbocycles. The maximum atomic E-state index is 13.1. The van der Waals surface area contributed by atoms with Crippen molar-refractivity contribution in [1.82, 2.24) is 9.62 Å². The second kappa shape index (κ2) is 9.30. The number of nitrogens with zero attached hydrogens (tertiary/aromatic N) is 2. The maximum Gasteiger partial charge on any atom is 0.243 e. The Balaban J connectivity index is 1.39. The minimum Gasteiger partial charge on any atom is -0.497 e. The Kier molecular flexibility index (Phi) is 6.48. The van der Waals surface area contributed by atoms with Crippen LogP contribution in [0.3, 0.4) is 0 Å². The van der Waals surface area contributed by atoms with E-state index < -0.39 is 16.1 Å². The highest BCUT2D eigenvalue weighted by Gasteiger charge is 2.39. The minimum atomic E-state index is -3.78. The number of carbonyl (C=O) groups excluding carboxylic acids is 2. The summed E-state index contributed by atoms with van der Waals surface area (Å²) in [5.74, 6) is 0.392. The van der Waals surface area contributed by atoms with Crippen molar-refractivity contribution < 1.29 is 22.7 Å². The maximum absolute atomic E-state index is 13.1. The van der Waals surface area contributed by atoms with Gasteiger partial charge in [0.25, 0.3) is 0 Å². The molecule has 2 aliphatic rings. The minimum absolute atomic E-state index is 0.130. The van der Waals surface area contributed by atoms with Gasteiger partial charge < -0.3 is 15.0 Å². The van der Waals surface area contributed by atoms with Gasteiger partial charge in [0.1, 0.15) is 11.8 Å². The highest BCUT2D eigenvalue weighted by Crippen LogP contribution is 2.27. The number of nitrogens with one attached hydrogen (secondary N) is 1. The zero-order valence-electron chi connectivity index (χ0n) is 18.0. The molecule has 2 fully saturated rings. The van der Waals surface area contributed by atoms with Crippen LogP contribution in [0.2, 0.25) is 0 Å². The fourth-order valence-electron chi connectivity index (χ4n) is 4.19. The summed E-state index contributed by atoms with van der Waals surface area (Å²) in [6.07, 6.45) is 2.56. The Hall–Kier alpha value is -2.91. The molecule has 2 amide bonds. The summed E-state index contributed by atoms with van der Waals surface area (Å²) in [6.45, 7) is 1.33. The number of carbonyl (C=O) groups is 2. The molecule has 2 saturated heterocycles. The van der Waals surface area contributed by atoms with E-state index in [-0.39, 0.29) is 16.7 Å². The van der Waals surface area contributed by atoms with Gasteiger partial charge >= 0.3 is 0 Å². The third-order valence-corrected chi connectivity index (χ3v) is 7.88. The first kappa shape index (κ1) is 22.3. The molecule has 170 valence electrons. The molecule has 9 heteroatoms. The Bertz CT molecular complexity index is 1080. The predicted molar refractivity (Wildman–Crippen MR) is 120 cm³/mol. The van der Waals surface area contributed by atoms with Crippen molar-refractivity contribution in [3.05, 3.63) is 54.1 Å². The van der Waals surface area contributed by atoms with Gasteiger partial charge in [-0.25, -0.2) is 8.42 Å². The van der Waals surface area contributed by atoms with Gasteiger partial charge in [0.2, 0.25) is 21.8 Å². The standard InChI is InChI=1S/C23H27N3O5S/c1-31-19-10-12-20(13-11-19)32(29,30)26-15-2-4-21(26)23(28)24-16-17-6-8-18(9-7-17)25-14-3-5-22(25)27/h6-13,21H,2-5,14-16H2,1H3,(H,24,28). The third-order valence-electron chi connectivity index (χ3n) is 5.96. The molecule has 2 aromatic carbocycles. The van der Waals surface area contributed by atoms with E-state index in [0.29, 0.717) is 38.1 Å². The molecule has 4 rings (SSSR count). The van der Waals surface area contributed by atoms with Crippen molar-refractivity contribution in [1.29, 1.82) is 0 Å². The number of hydrogen-bond donors (Lipinski definition) is 1. The Morgan fingerprint density at radius 1 is 1.06 bits per heavy atom. The summed E-state index contributed by atoms with van der Waals surface area (Å²) in [4.78, 5) is 26.6. The Morgan fingerprint density at radius 3 is 2.41 bits per heavy atom. The first-order valence-electron chi connectivity index (χ1n) is 10.7. The summed E-state index contributed by atoms with van der Waals surface area (Å²) in [6, 6.07) is 12.9. The van der Waals surface area contributed by atoms with Gasteiger partial charge in [-0.15, -0.1) is 0 Å². The number of anilines is 1. The molecule has 32 heavy (non-hydrogen) atoms. The van der Waals surface area contributed by atoms with Crippen molar-refractivity contribution in [2.24, 2.45) is 0 Å². The SMILES string of the molecule is COc1ccc(S(=O)(=O)N2CCCC2C(=O)NCc2ccc(N3CCCC3=O)cc2)cc1. The number of hydrogen-bond acceptors (Lipinski definition) is 5. The molecule has 1 unspecified atom stereocenters. The van der Waals surface area contributed by atoms with Gasteiger partial charge in [-0.2, -0.15) is 4.31 Å². The van der Waals surface area contributed by atoms with Crippen LogP contribution in [0, 0.1) is 0 Å². The quantitative estimate of drug-likeness (QED) is 0.688. The molecule has 1 atom stereocenters. The number of rotatable bonds is 7.